The minimum absolute atomic E-state index is 0.0337. The van der Waals surface area contributed by atoms with E-state index in [4.69, 9.17) is 14.5 Å². The van der Waals surface area contributed by atoms with Crippen molar-refractivity contribution in [1.29, 1.82) is 0 Å². The van der Waals surface area contributed by atoms with Gasteiger partial charge in [0.15, 0.2) is 5.16 Å². The van der Waals surface area contributed by atoms with Crippen LogP contribution in [0.3, 0.4) is 0 Å². The third-order valence-corrected chi connectivity index (χ3v) is 5.28. The van der Waals surface area contributed by atoms with Crippen molar-refractivity contribution < 1.29 is 14.3 Å². The van der Waals surface area contributed by atoms with Gasteiger partial charge in [0.25, 0.3) is 5.56 Å². The molecule has 0 radical (unpaired) electrons. The summed E-state index contributed by atoms with van der Waals surface area (Å²) in [6, 6.07) is 14.8. The molecule has 1 N–H and O–H groups in total. The lowest BCUT2D eigenvalue weighted by atomic mass is 10.2. The Bertz CT molecular complexity index is 1250. The van der Waals surface area contributed by atoms with Gasteiger partial charge in [0.2, 0.25) is 0 Å². The average Bonchev–Trinajstić information content (AvgIpc) is 3.11. The molecule has 0 spiro atoms. The molecule has 0 aliphatic carbocycles. The number of hydrogen-bond donors (Lipinski definition) is 1. The maximum atomic E-state index is 13.4. The van der Waals surface area contributed by atoms with Gasteiger partial charge in [-0.3, -0.25) is 9.59 Å². The molecular formula is C20H17N3O4S. The van der Waals surface area contributed by atoms with Gasteiger partial charge in [-0.1, -0.05) is 42.1 Å². The highest BCUT2D eigenvalue weighted by molar-refractivity contribution is 7.99. The monoisotopic (exact) mass is 395 g/mol. The SMILES string of the molecule is COC(=O)CSc1nc2c([nH]c3ccccc32)c(=O)n1-c1ccccc1OC. The number of esters is 1. The molecule has 4 aromatic rings. The van der Waals surface area contributed by atoms with Crippen molar-refractivity contribution in [1.82, 2.24) is 14.5 Å². The molecule has 0 amide bonds. The van der Waals surface area contributed by atoms with Gasteiger partial charge in [0.05, 0.1) is 25.7 Å². The van der Waals surface area contributed by atoms with Crippen LogP contribution in [-0.4, -0.2) is 40.5 Å². The molecule has 2 heterocycles. The number of aromatic amines is 1. The molecular weight excluding hydrogens is 378 g/mol. The maximum absolute atomic E-state index is 13.4. The number of fused-ring (bicyclic) bond motifs is 3. The summed E-state index contributed by atoms with van der Waals surface area (Å²) in [6.07, 6.45) is 0. The first-order chi connectivity index (χ1) is 13.6. The number of para-hydroxylation sites is 3. The molecule has 28 heavy (non-hydrogen) atoms. The number of carbonyl (C=O) groups excluding carboxylic acids is 1. The fraction of sp³-hybridized carbons (Fsp3) is 0.150. The summed E-state index contributed by atoms with van der Waals surface area (Å²) in [4.78, 5) is 33.0. The Hall–Kier alpha value is -3.26. The number of thioether (sulfide) groups is 1. The van der Waals surface area contributed by atoms with Crippen LogP contribution in [0.15, 0.2) is 58.5 Å². The number of carbonyl (C=O) groups is 1. The zero-order chi connectivity index (χ0) is 19.7. The van der Waals surface area contributed by atoms with Crippen LogP contribution in [0.2, 0.25) is 0 Å². The summed E-state index contributed by atoms with van der Waals surface area (Å²) in [7, 11) is 2.87. The molecule has 0 aliphatic heterocycles. The summed E-state index contributed by atoms with van der Waals surface area (Å²) in [5.74, 6) is 0.165. The van der Waals surface area contributed by atoms with Crippen LogP contribution in [0.1, 0.15) is 0 Å². The summed E-state index contributed by atoms with van der Waals surface area (Å²) in [6.45, 7) is 0. The van der Waals surface area contributed by atoms with Crippen LogP contribution in [0.4, 0.5) is 0 Å². The van der Waals surface area contributed by atoms with E-state index in [1.807, 2.05) is 36.4 Å². The van der Waals surface area contributed by atoms with E-state index in [1.54, 1.807) is 19.2 Å². The molecule has 0 fully saturated rings. The van der Waals surface area contributed by atoms with Gasteiger partial charge in [-0.2, -0.15) is 0 Å². The Morgan fingerprint density at radius 3 is 2.68 bits per heavy atom. The fourth-order valence-electron chi connectivity index (χ4n) is 3.05. The van der Waals surface area contributed by atoms with Gasteiger partial charge < -0.3 is 14.5 Å². The van der Waals surface area contributed by atoms with Crippen LogP contribution >= 0.6 is 11.8 Å². The van der Waals surface area contributed by atoms with Crippen LogP contribution in [0.25, 0.3) is 27.6 Å². The molecule has 0 bridgehead atoms. The van der Waals surface area contributed by atoms with E-state index < -0.39 is 5.97 Å². The van der Waals surface area contributed by atoms with E-state index in [9.17, 15) is 9.59 Å². The van der Waals surface area contributed by atoms with Gasteiger partial charge in [-0.25, -0.2) is 9.55 Å². The van der Waals surface area contributed by atoms with Gasteiger partial charge in [-0.05, 0) is 18.2 Å². The van der Waals surface area contributed by atoms with Gasteiger partial charge in [0, 0.05) is 10.9 Å². The Balaban J connectivity index is 2.02. The minimum Gasteiger partial charge on any atom is -0.495 e. The van der Waals surface area contributed by atoms with E-state index in [-0.39, 0.29) is 11.3 Å². The topological polar surface area (TPSA) is 86.2 Å². The second-order valence-corrected chi connectivity index (χ2v) is 6.91. The van der Waals surface area contributed by atoms with E-state index in [0.717, 1.165) is 22.7 Å². The number of H-pyrrole nitrogens is 1. The Kier molecular flexibility index (Phi) is 4.79. The number of aromatic nitrogens is 3. The lowest BCUT2D eigenvalue weighted by molar-refractivity contribution is -0.137. The summed E-state index contributed by atoms with van der Waals surface area (Å²) >= 11 is 1.14. The van der Waals surface area contributed by atoms with E-state index >= 15 is 0 Å². The normalized spacial score (nSPS) is 11.1. The van der Waals surface area contributed by atoms with E-state index in [0.29, 0.717) is 27.6 Å². The number of nitrogens with zero attached hydrogens (tertiary/aromatic N) is 2. The van der Waals surface area contributed by atoms with Crippen LogP contribution in [0.5, 0.6) is 5.75 Å². The third kappa shape index (κ3) is 3.01. The summed E-state index contributed by atoms with van der Waals surface area (Å²) < 4.78 is 11.6. The molecule has 0 atom stereocenters. The third-order valence-electron chi connectivity index (χ3n) is 4.37. The standard InChI is InChI=1S/C20H17N3O4S/c1-26-15-10-6-5-9-14(15)23-19(25)18-17(12-7-3-4-8-13(12)21-18)22-20(23)28-11-16(24)27-2/h3-10,21H,11H2,1-2H3. The number of rotatable bonds is 5. The first-order valence-electron chi connectivity index (χ1n) is 8.50. The van der Waals surface area contributed by atoms with Crippen molar-refractivity contribution in [2.24, 2.45) is 0 Å². The lowest BCUT2D eigenvalue weighted by Gasteiger charge is -2.14. The molecule has 7 nitrogen and oxygen atoms in total. The van der Waals surface area contributed by atoms with Crippen LogP contribution in [0, 0.1) is 0 Å². The zero-order valence-electron chi connectivity index (χ0n) is 15.3. The van der Waals surface area contributed by atoms with Gasteiger partial charge in [-0.15, -0.1) is 0 Å². The molecule has 0 unspecified atom stereocenters. The molecule has 8 heteroatoms. The lowest BCUT2D eigenvalue weighted by Crippen LogP contribution is -2.22. The van der Waals surface area contributed by atoms with Crippen molar-refractivity contribution in [3.8, 4) is 11.4 Å². The van der Waals surface area contributed by atoms with Crippen molar-refractivity contribution in [3.05, 3.63) is 58.9 Å². The minimum atomic E-state index is -0.398. The van der Waals surface area contributed by atoms with Crippen molar-refractivity contribution in [2.45, 2.75) is 5.16 Å². The van der Waals surface area contributed by atoms with E-state index in [1.165, 1.54) is 11.7 Å². The smallest absolute Gasteiger partial charge is 0.316 e. The highest BCUT2D eigenvalue weighted by Gasteiger charge is 2.20. The first kappa shape index (κ1) is 18.1. The number of hydrogen-bond acceptors (Lipinski definition) is 6. The molecule has 142 valence electrons. The maximum Gasteiger partial charge on any atom is 0.316 e. The van der Waals surface area contributed by atoms with Crippen molar-refractivity contribution in [3.63, 3.8) is 0 Å². The number of nitrogens with one attached hydrogen (secondary N) is 1. The largest absolute Gasteiger partial charge is 0.495 e. The molecule has 2 aromatic heterocycles. The van der Waals surface area contributed by atoms with Crippen LogP contribution < -0.4 is 10.3 Å². The predicted molar refractivity (Wildman–Crippen MR) is 108 cm³/mol. The number of benzene rings is 2. The predicted octanol–water partition coefficient (Wildman–Crippen LogP) is 3.14. The Morgan fingerprint density at radius 2 is 1.89 bits per heavy atom. The van der Waals surface area contributed by atoms with Crippen LogP contribution in [-0.2, 0) is 9.53 Å². The molecule has 0 saturated carbocycles. The van der Waals surface area contributed by atoms with Crippen molar-refractivity contribution in [2.75, 3.05) is 20.0 Å². The summed E-state index contributed by atoms with van der Waals surface area (Å²) in [5.41, 5.74) is 2.07. The first-order valence-corrected chi connectivity index (χ1v) is 9.49. The molecule has 2 aromatic carbocycles. The average molecular weight is 395 g/mol. The molecule has 4 rings (SSSR count). The summed E-state index contributed by atoms with van der Waals surface area (Å²) in [5, 5.41) is 1.24. The van der Waals surface area contributed by atoms with E-state index in [2.05, 4.69) is 4.98 Å². The Labute approximate surface area is 164 Å². The highest BCUT2D eigenvalue weighted by atomic mass is 32.2. The number of ether oxygens (including phenoxy) is 2. The molecule has 0 aliphatic rings. The fourth-order valence-corrected chi connectivity index (χ4v) is 3.88. The van der Waals surface area contributed by atoms with Gasteiger partial charge >= 0.3 is 5.97 Å². The zero-order valence-corrected chi connectivity index (χ0v) is 16.1. The number of methoxy groups -OCH3 is 2. The van der Waals surface area contributed by atoms with Crippen molar-refractivity contribution >= 4 is 39.7 Å². The second kappa shape index (κ2) is 7.40. The Morgan fingerprint density at radius 1 is 1.14 bits per heavy atom. The second-order valence-electron chi connectivity index (χ2n) is 5.97. The highest BCUT2D eigenvalue weighted by Crippen LogP contribution is 2.29. The molecule has 0 saturated heterocycles. The quantitative estimate of drug-likeness (QED) is 0.317. The van der Waals surface area contributed by atoms with Gasteiger partial charge in [0.1, 0.15) is 16.8 Å².